The summed E-state index contributed by atoms with van der Waals surface area (Å²) in [5, 5.41) is 8.44. The Balaban J connectivity index is 1.50. The van der Waals surface area contributed by atoms with Crippen LogP contribution >= 0.6 is 0 Å². The third-order valence-electron chi connectivity index (χ3n) is 6.84. The predicted molar refractivity (Wildman–Crippen MR) is 101 cm³/mol. The van der Waals surface area contributed by atoms with Gasteiger partial charge in [0.2, 0.25) is 5.91 Å². The van der Waals surface area contributed by atoms with Crippen molar-refractivity contribution in [3.8, 4) is 0 Å². The van der Waals surface area contributed by atoms with Gasteiger partial charge in [-0.25, -0.2) is 14.2 Å². The molecule has 5 rings (SSSR count). The molecule has 28 heavy (non-hydrogen) atoms. The summed E-state index contributed by atoms with van der Waals surface area (Å²) in [7, 11) is 0. The average molecular weight is 388 g/mol. The monoisotopic (exact) mass is 388 g/mol. The Morgan fingerprint density at radius 3 is 2.64 bits per heavy atom. The SMILES string of the molecule is O=C1C=C(C2CCNCC2)N2NC3CCC(F)C(c4ccccc4F)C3C2N1. The Kier molecular flexibility index (Phi) is 4.59. The zero-order valence-electron chi connectivity index (χ0n) is 15.7. The first-order valence-corrected chi connectivity index (χ1v) is 10.3. The second-order valence-corrected chi connectivity index (χ2v) is 8.37. The number of piperidine rings is 1. The number of nitrogens with zero attached hydrogens (tertiary/aromatic N) is 1. The third kappa shape index (κ3) is 2.92. The molecule has 7 heteroatoms. The Labute approximate surface area is 163 Å². The summed E-state index contributed by atoms with van der Waals surface area (Å²) in [5.41, 5.74) is 4.95. The number of hydrogen-bond donors (Lipinski definition) is 3. The molecule has 3 heterocycles. The van der Waals surface area contributed by atoms with Gasteiger partial charge in [0, 0.05) is 35.6 Å². The van der Waals surface area contributed by atoms with Gasteiger partial charge in [-0.15, -0.1) is 0 Å². The first kappa shape index (κ1) is 18.1. The maximum atomic E-state index is 15.1. The topological polar surface area (TPSA) is 56.4 Å². The Morgan fingerprint density at radius 1 is 1.07 bits per heavy atom. The van der Waals surface area contributed by atoms with E-state index in [4.69, 9.17) is 0 Å². The molecule has 2 saturated heterocycles. The maximum absolute atomic E-state index is 15.1. The number of fused-ring (bicyclic) bond motifs is 3. The van der Waals surface area contributed by atoms with Gasteiger partial charge in [0.1, 0.15) is 18.2 Å². The summed E-state index contributed by atoms with van der Waals surface area (Å²) < 4.78 is 29.7. The van der Waals surface area contributed by atoms with E-state index in [1.807, 2.05) is 0 Å². The molecule has 1 aromatic rings. The van der Waals surface area contributed by atoms with Crippen molar-refractivity contribution in [3.05, 3.63) is 47.4 Å². The van der Waals surface area contributed by atoms with Crippen LogP contribution in [0.3, 0.4) is 0 Å². The van der Waals surface area contributed by atoms with E-state index in [0.717, 1.165) is 31.6 Å². The van der Waals surface area contributed by atoms with Crippen molar-refractivity contribution < 1.29 is 13.6 Å². The number of carbonyl (C=O) groups excluding carboxylic acids is 1. The molecule has 0 bridgehead atoms. The fraction of sp³-hybridized carbons (Fsp3) is 0.571. The molecule has 3 aliphatic heterocycles. The number of halogens is 2. The maximum Gasteiger partial charge on any atom is 0.247 e. The Hall–Kier alpha value is -1.99. The zero-order chi connectivity index (χ0) is 19.3. The van der Waals surface area contributed by atoms with E-state index in [0.29, 0.717) is 24.3 Å². The lowest BCUT2D eigenvalue weighted by Crippen LogP contribution is -2.55. The number of amides is 1. The van der Waals surface area contributed by atoms with Crippen molar-refractivity contribution in [3.63, 3.8) is 0 Å². The number of carbonyl (C=O) groups is 1. The first-order valence-electron chi connectivity index (χ1n) is 10.3. The molecular formula is C21H26F2N4O. The van der Waals surface area contributed by atoms with Gasteiger partial charge >= 0.3 is 0 Å². The number of allylic oxidation sites excluding steroid dienone is 1. The van der Waals surface area contributed by atoms with Crippen LogP contribution in [0.2, 0.25) is 0 Å². The molecule has 1 amide bonds. The molecule has 0 spiro atoms. The minimum Gasteiger partial charge on any atom is -0.331 e. The molecule has 150 valence electrons. The second kappa shape index (κ2) is 7.12. The van der Waals surface area contributed by atoms with Crippen LogP contribution in [0.1, 0.15) is 37.2 Å². The minimum atomic E-state index is -1.12. The van der Waals surface area contributed by atoms with E-state index in [1.54, 1.807) is 24.3 Å². The summed E-state index contributed by atoms with van der Waals surface area (Å²) in [5.74, 6) is -0.989. The largest absolute Gasteiger partial charge is 0.331 e. The quantitative estimate of drug-likeness (QED) is 0.727. The van der Waals surface area contributed by atoms with Crippen molar-refractivity contribution in [2.75, 3.05) is 13.1 Å². The van der Waals surface area contributed by atoms with E-state index < -0.39 is 12.1 Å². The number of rotatable bonds is 2. The summed E-state index contributed by atoms with van der Waals surface area (Å²) in [4.78, 5) is 12.5. The van der Waals surface area contributed by atoms with Gasteiger partial charge in [-0.2, -0.15) is 0 Å². The lowest BCUT2D eigenvalue weighted by atomic mass is 9.70. The molecule has 0 radical (unpaired) electrons. The number of hydrazine groups is 1. The first-order chi connectivity index (χ1) is 13.6. The van der Waals surface area contributed by atoms with Gasteiger partial charge in [0.15, 0.2) is 0 Å². The number of alkyl halides is 1. The lowest BCUT2D eigenvalue weighted by Gasteiger charge is -2.41. The van der Waals surface area contributed by atoms with E-state index >= 15 is 4.39 Å². The van der Waals surface area contributed by atoms with Crippen LogP contribution in [0.4, 0.5) is 8.78 Å². The van der Waals surface area contributed by atoms with Gasteiger partial charge in [-0.1, -0.05) is 18.2 Å². The van der Waals surface area contributed by atoms with Gasteiger partial charge in [0.05, 0.1) is 0 Å². The highest BCUT2D eigenvalue weighted by atomic mass is 19.1. The fourth-order valence-corrected chi connectivity index (χ4v) is 5.57. The van der Waals surface area contributed by atoms with Crippen LogP contribution in [0, 0.1) is 17.7 Å². The van der Waals surface area contributed by atoms with Crippen LogP contribution in [-0.2, 0) is 4.79 Å². The molecule has 3 fully saturated rings. The Morgan fingerprint density at radius 2 is 1.86 bits per heavy atom. The van der Waals surface area contributed by atoms with Gasteiger partial charge < -0.3 is 10.6 Å². The van der Waals surface area contributed by atoms with E-state index in [2.05, 4.69) is 21.1 Å². The molecular weight excluding hydrogens is 362 g/mol. The average Bonchev–Trinajstić information content (AvgIpc) is 3.07. The zero-order valence-corrected chi connectivity index (χ0v) is 15.7. The Bertz CT molecular complexity index is 794. The summed E-state index contributed by atoms with van der Waals surface area (Å²) in [6.07, 6.45) is 3.24. The second-order valence-electron chi connectivity index (χ2n) is 8.37. The molecule has 1 aromatic carbocycles. The highest BCUT2D eigenvalue weighted by Crippen LogP contribution is 2.47. The van der Waals surface area contributed by atoms with Crippen LogP contribution in [0.15, 0.2) is 36.0 Å². The number of benzene rings is 1. The van der Waals surface area contributed by atoms with Gasteiger partial charge in [0.25, 0.3) is 0 Å². The van der Waals surface area contributed by atoms with Crippen LogP contribution in [0.5, 0.6) is 0 Å². The number of hydrogen-bond acceptors (Lipinski definition) is 4. The van der Waals surface area contributed by atoms with Crippen LogP contribution in [0.25, 0.3) is 0 Å². The lowest BCUT2D eigenvalue weighted by molar-refractivity contribution is -0.120. The van der Waals surface area contributed by atoms with Crippen molar-refractivity contribution in [1.82, 2.24) is 21.1 Å². The molecule has 5 unspecified atom stereocenters. The third-order valence-corrected chi connectivity index (χ3v) is 6.84. The normalized spacial score (nSPS) is 35.8. The predicted octanol–water partition coefficient (Wildman–Crippen LogP) is 2.19. The van der Waals surface area contributed by atoms with E-state index in [-0.39, 0.29) is 29.8 Å². The van der Waals surface area contributed by atoms with E-state index in [9.17, 15) is 9.18 Å². The van der Waals surface area contributed by atoms with Crippen molar-refractivity contribution >= 4 is 5.91 Å². The molecule has 1 aliphatic carbocycles. The minimum absolute atomic E-state index is 0.0186. The standard InChI is InChI=1S/C21H26F2N4O/c22-14-4-2-1-3-13(14)19-15(23)5-6-16-20(19)21-25-18(28)11-17(27(21)26-16)12-7-9-24-10-8-12/h1-4,11-12,15-16,19-21,24,26H,5-10H2,(H,25,28). The molecule has 4 aliphatic rings. The summed E-state index contributed by atoms with van der Waals surface area (Å²) in [6, 6.07) is 6.49. The van der Waals surface area contributed by atoms with Crippen LogP contribution < -0.4 is 16.1 Å². The highest BCUT2D eigenvalue weighted by molar-refractivity contribution is 5.89. The summed E-state index contributed by atoms with van der Waals surface area (Å²) >= 11 is 0. The van der Waals surface area contributed by atoms with Crippen molar-refractivity contribution in [2.45, 2.75) is 50.0 Å². The smallest absolute Gasteiger partial charge is 0.247 e. The number of nitrogens with one attached hydrogen (secondary N) is 3. The molecule has 3 N–H and O–H groups in total. The van der Waals surface area contributed by atoms with Crippen LogP contribution in [-0.4, -0.2) is 42.4 Å². The van der Waals surface area contributed by atoms with Crippen molar-refractivity contribution in [1.29, 1.82) is 0 Å². The van der Waals surface area contributed by atoms with Gasteiger partial charge in [-0.3, -0.25) is 9.80 Å². The van der Waals surface area contributed by atoms with E-state index in [1.165, 1.54) is 6.07 Å². The van der Waals surface area contributed by atoms with Gasteiger partial charge in [-0.05, 0) is 50.4 Å². The molecule has 5 nitrogen and oxygen atoms in total. The highest BCUT2D eigenvalue weighted by Gasteiger charge is 2.54. The summed E-state index contributed by atoms with van der Waals surface area (Å²) in [6.45, 7) is 1.86. The van der Waals surface area contributed by atoms with Crippen molar-refractivity contribution in [2.24, 2.45) is 11.8 Å². The molecule has 5 atom stereocenters. The molecule has 1 saturated carbocycles. The fourth-order valence-electron chi connectivity index (χ4n) is 5.57. The molecule has 0 aromatic heterocycles.